The predicted molar refractivity (Wildman–Crippen MR) is 106 cm³/mol. The Morgan fingerprint density at radius 2 is 2.11 bits per heavy atom. The third-order valence-corrected chi connectivity index (χ3v) is 5.18. The topological polar surface area (TPSA) is 66.5 Å². The molecular formula is C20H22N4O2S. The molecule has 0 spiro atoms. The van der Waals surface area contributed by atoms with Crippen molar-refractivity contribution in [2.24, 2.45) is 0 Å². The van der Waals surface area contributed by atoms with Gasteiger partial charge in [0, 0.05) is 31.2 Å². The van der Waals surface area contributed by atoms with Crippen molar-refractivity contribution < 1.29 is 9.52 Å². The maximum Gasteiger partial charge on any atom is 0.170 e. The lowest BCUT2D eigenvalue weighted by molar-refractivity contribution is 0.243. The number of aromatic nitrogens is 2. The minimum absolute atomic E-state index is 0.0103. The maximum absolute atomic E-state index is 9.32. The molecule has 140 valence electrons. The van der Waals surface area contributed by atoms with E-state index in [0.29, 0.717) is 24.6 Å². The van der Waals surface area contributed by atoms with E-state index in [4.69, 9.17) is 16.6 Å². The van der Waals surface area contributed by atoms with Crippen LogP contribution in [0.25, 0.3) is 0 Å². The molecule has 1 aliphatic heterocycles. The van der Waals surface area contributed by atoms with Crippen LogP contribution in [0.3, 0.4) is 0 Å². The largest absolute Gasteiger partial charge is 0.467 e. The molecule has 4 rings (SSSR count). The predicted octanol–water partition coefficient (Wildman–Crippen LogP) is 2.88. The Kier molecular flexibility index (Phi) is 5.22. The van der Waals surface area contributed by atoms with Crippen LogP contribution in [0.5, 0.6) is 0 Å². The number of aliphatic hydroxyl groups excluding tert-OH is 1. The lowest BCUT2D eigenvalue weighted by Gasteiger charge is -2.28. The van der Waals surface area contributed by atoms with E-state index in [1.807, 2.05) is 36.4 Å². The zero-order valence-electron chi connectivity index (χ0n) is 14.9. The Morgan fingerprint density at radius 3 is 2.85 bits per heavy atom. The molecule has 2 N–H and O–H groups in total. The Hall–Kier alpha value is -2.64. The summed E-state index contributed by atoms with van der Waals surface area (Å²) < 4.78 is 7.71. The highest BCUT2D eigenvalue weighted by Crippen LogP contribution is 2.38. The molecule has 1 aliphatic rings. The van der Waals surface area contributed by atoms with E-state index >= 15 is 0 Å². The monoisotopic (exact) mass is 382 g/mol. The zero-order chi connectivity index (χ0) is 18.6. The van der Waals surface area contributed by atoms with E-state index in [2.05, 4.69) is 32.0 Å². The Morgan fingerprint density at radius 1 is 1.19 bits per heavy atom. The van der Waals surface area contributed by atoms with Crippen LogP contribution < -0.4 is 5.32 Å². The summed E-state index contributed by atoms with van der Waals surface area (Å²) >= 11 is 5.62. The van der Waals surface area contributed by atoms with E-state index in [9.17, 15) is 5.11 Å². The third kappa shape index (κ3) is 3.61. The molecule has 0 bridgehead atoms. The number of nitrogens with one attached hydrogen (secondary N) is 1. The molecule has 27 heavy (non-hydrogen) atoms. The Balaban J connectivity index is 1.71. The molecule has 0 saturated carbocycles. The van der Waals surface area contributed by atoms with Crippen molar-refractivity contribution in [1.82, 2.24) is 19.8 Å². The van der Waals surface area contributed by atoms with Gasteiger partial charge >= 0.3 is 0 Å². The molecule has 4 heterocycles. The first-order chi connectivity index (χ1) is 13.3. The molecular weight excluding hydrogens is 360 g/mol. The molecule has 2 atom stereocenters. The second kappa shape index (κ2) is 7.94. The van der Waals surface area contributed by atoms with E-state index < -0.39 is 0 Å². The van der Waals surface area contributed by atoms with Crippen molar-refractivity contribution >= 4 is 17.3 Å². The van der Waals surface area contributed by atoms with E-state index in [1.165, 1.54) is 0 Å². The molecule has 3 aromatic heterocycles. The number of hydrogen-bond donors (Lipinski definition) is 2. The highest BCUT2D eigenvalue weighted by Gasteiger charge is 2.40. The van der Waals surface area contributed by atoms with Gasteiger partial charge in [-0.3, -0.25) is 4.98 Å². The molecule has 3 aromatic rings. The molecule has 7 heteroatoms. The molecule has 1 fully saturated rings. The average molecular weight is 382 g/mol. The van der Waals surface area contributed by atoms with E-state index in [1.54, 1.807) is 12.5 Å². The summed E-state index contributed by atoms with van der Waals surface area (Å²) in [5, 5.41) is 13.4. The molecule has 6 nitrogen and oxygen atoms in total. The van der Waals surface area contributed by atoms with Crippen LogP contribution >= 0.6 is 12.2 Å². The summed E-state index contributed by atoms with van der Waals surface area (Å²) in [5.41, 5.74) is 2.08. The second-order valence-corrected chi connectivity index (χ2v) is 6.92. The average Bonchev–Trinajstić information content (AvgIpc) is 3.42. The van der Waals surface area contributed by atoms with Crippen LogP contribution in [0.1, 0.15) is 35.7 Å². The molecule has 0 aliphatic carbocycles. The lowest BCUT2D eigenvalue weighted by atomic mass is 10.0. The van der Waals surface area contributed by atoms with Crippen molar-refractivity contribution in [3.8, 4) is 0 Å². The van der Waals surface area contributed by atoms with Gasteiger partial charge in [0.2, 0.25) is 0 Å². The van der Waals surface area contributed by atoms with Crippen LogP contribution in [-0.4, -0.2) is 37.8 Å². The fraction of sp³-hybridized carbons (Fsp3) is 0.300. The first-order valence-corrected chi connectivity index (χ1v) is 9.45. The Labute approximate surface area is 163 Å². The van der Waals surface area contributed by atoms with Crippen molar-refractivity contribution in [3.05, 3.63) is 78.3 Å². The van der Waals surface area contributed by atoms with Crippen molar-refractivity contribution in [1.29, 1.82) is 0 Å². The van der Waals surface area contributed by atoms with Crippen LogP contribution in [0, 0.1) is 0 Å². The minimum atomic E-state index is -0.0531. The SMILES string of the molecule is OCCCN1C(=S)N[C@@H](c2ccccn2)[C@H]1c1cccn1Cc1ccco1. The number of hydrogen-bond acceptors (Lipinski definition) is 4. The van der Waals surface area contributed by atoms with Gasteiger partial charge in [0.15, 0.2) is 5.11 Å². The number of thiocarbonyl (C=S) groups is 1. The van der Waals surface area contributed by atoms with Crippen LogP contribution in [0.2, 0.25) is 0 Å². The summed E-state index contributed by atoms with van der Waals surface area (Å²) in [6.45, 7) is 1.47. The van der Waals surface area contributed by atoms with Crippen molar-refractivity contribution in [3.63, 3.8) is 0 Å². The summed E-state index contributed by atoms with van der Waals surface area (Å²) in [7, 11) is 0. The number of rotatable bonds is 7. The third-order valence-electron chi connectivity index (χ3n) is 4.83. The zero-order valence-corrected chi connectivity index (χ0v) is 15.7. The minimum Gasteiger partial charge on any atom is -0.467 e. The van der Waals surface area contributed by atoms with Gasteiger partial charge in [0.1, 0.15) is 5.76 Å². The number of nitrogens with zero attached hydrogens (tertiary/aromatic N) is 3. The van der Waals surface area contributed by atoms with Gasteiger partial charge in [0.25, 0.3) is 0 Å². The molecule has 0 aromatic carbocycles. The fourth-order valence-electron chi connectivity index (χ4n) is 3.62. The number of pyridine rings is 1. The van der Waals surface area contributed by atoms with Gasteiger partial charge in [0.05, 0.1) is 30.6 Å². The van der Waals surface area contributed by atoms with Crippen LogP contribution in [-0.2, 0) is 6.54 Å². The highest BCUT2D eigenvalue weighted by molar-refractivity contribution is 7.80. The molecule has 0 radical (unpaired) electrons. The second-order valence-electron chi connectivity index (χ2n) is 6.54. The van der Waals surface area contributed by atoms with Crippen molar-refractivity contribution in [2.75, 3.05) is 13.2 Å². The molecule has 0 unspecified atom stereocenters. The van der Waals surface area contributed by atoms with Gasteiger partial charge in [-0.1, -0.05) is 6.07 Å². The molecule has 0 amide bonds. The van der Waals surface area contributed by atoms with Crippen LogP contribution in [0.15, 0.2) is 65.5 Å². The smallest absolute Gasteiger partial charge is 0.170 e. The molecule has 1 saturated heterocycles. The summed E-state index contributed by atoms with van der Waals surface area (Å²) in [4.78, 5) is 6.70. The van der Waals surface area contributed by atoms with E-state index in [0.717, 1.165) is 17.1 Å². The van der Waals surface area contributed by atoms with Crippen LogP contribution in [0.4, 0.5) is 0 Å². The van der Waals surface area contributed by atoms with E-state index in [-0.39, 0.29) is 18.7 Å². The quantitative estimate of drug-likeness (QED) is 0.613. The summed E-state index contributed by atoms with van der Waals surface area (Å²) in [6.07, 6.45) is 6.20. The fourth-order valence-corrected chi connectivity index (χ4v) is 3.95. The summed E-state index contributed by atoms with van der Waals surface area (Å²) in [6, 6.07) is 13.9. The highest BCUT2D eigenvalue weighted by atomic mass is 32.1. The van der Waals surface area contributed by atoms with Gasteiger partial charge in [-0.15, -0.1) is 0 Å². The van der Waals surface area contributed by atoms with Crippen molar-refractivity contribution in [2.45, 2.75) is 25.0 Å². The van der Waals surface area contributed by atoms with Gasteiger partial charge in [-0.05, 0) is 55.0 Å². The number of aliphatic hydroxyl groups is 1. The van der Waals surface area contributed by atoms with Gasteiger partial charge in [-0.2, -0.15) is 0 Å². The first-order valence-electron chi connectivity index (χ1n) is 9.04. The maximum atomic E-state index is 9.32. The van der Waals surface area contributed by atoms with Gasteiger partial charge < -0.3 is 24.3 Å². The standard InChI is InChI=1S/C20H22N4O2S/c25-12-5-11-24-19(18(22-20(24)27)16-7-1-2-9-21-16)17-8-3-10-23(17)14-15-6-4-13-26-15/h1-4,6-10,13,18-19,25H,5,11-12,14H2,(H,22,27)/t18-,19+/m0/s1. The number of furan rings is 1. The Bertz CT molecular complexity index is 879. The lowest BCUT2D eigenvalue weighted by Crippen LogP contribution is -2.32. The summed E-state index contributed by atoms with van der Waals surface area (Å²) in [5.74, 6) is 0.900. The van der Waals surface area contributed by atoms with Gasteiger partial charge in [-0.25, -0.2) is 0 Å². The normalized spacial score (nSPS) is 19.4. The first kappa shape index (κ1) is 17.8.